The Labute approximate surface area is 304 Å². The molecule has 0 amide bonds. The maximum atomic E-state index is 6.70. The average molecular weight is 663 g/mol. The van der Waals surface area contributed by atoms with Gasteiger partial charge < -0.3 is 4.74 Å². The molecule has 1 atom stereocenters. The topological polar surface area (TPSA) is 9.23 Å². The summed E-state index contributed by atoms with van der Waals surface area (Å²) in [6.45, 7) is 2.38. The normalized spacial score (nSPS) is 16.6. The first kappa shape index (κ1) is 29.3. The summed E-state index contributed by atoms with van der Waals surface area (Å²) in [6.07, 6.45) is 0. The van der Waals surface area contributed by atoms with Crippen LogP contribution in [-0.2, 0) is 10.8 Å². The van der Waals surface area contributed by atoms with Crippen LogP contribution in [0, 0.1) is 0 Å². The third-order valence-electron chi connectivity index (χ3n) is 12.0. The minimum absolute atomic E-state index is 0.238. The number of hydrogen-bond acceptors (Lipinski definition) is 1. The van der Waals surface area contributed by atoms with Gasteiger partial charge in [-0.1, -0.05) is 158 Å². The molecule has 8 aromatic carbocycles. The van der Waals surface area contributed by atoms with Crippen molar-refractivity contribution in [2.24, 2.45) is 0 Å². The number of fused-ring (bicyclic) bond motifs is 12. The Kier molecular flexibility index (Phi) is 6.08. The fraction of sp³-hybridized carbons (Fsp3) is 0.0588. The summed E-state index contributed by atoms with van der Waals surface area (Å²) in [6, 6.07) is 69.1. The minimum atomic E-state index is -0.484. The summed E-state index contributed by atoms with van der Waals surface area (Å²) in [4.78, 5) is 0. The molecule has 52 heavy (non-hydrogen) atoms. The number of para-hydroxylation sites is 1. The molecule has 0 N–H and O–H groups in total. The average Bonchev–Trinajstić information content (AvgIpc) is 3.66. The van der Waals surface area contributed by atoms with Crippen LogP contribution in [0.4, 0.5) is 0 Å². The number of ether oxygens (including phenoxy) is 1. The molecule has 0 fully saturated rings. The van der Waals surface area contributed by atoms with Crippen LogP contribution in [0.15, 0.2) is 188 Å². The molecular formula is C51H34O. The predicted molar refractivity (Wildman–Crippen MR) is 212 cm³/mol. The quantitative estimate of drug-likeness (QED) is 0.183. The Morgan fingerprint density at radius 1 is 0.327 bits per heavy atom. The van der Waals surface area contributed by atoms with Crippen molar-refractivity contribution in [3.05, 3.63) is 227 Å². The van der Waals surface area contributed by atoms with Crippen LogP contribution < -0.4 is 4.74 Å². The van der Waals surface area contributed by atoms with E-state index in [1.807, 2.05) is 0 Å². The lowest BCUT2D eigenvalue weighted by Gasteiger charge is -2.39. The first-order chi connectivity index (χ1) is 25.7. The van der Waals surface area contributed by atoms with Crippen LogP contribution in [-0.4, -0.2) is 0 Å². The van der Waals surface area contributed by atoms with E-state index < -0.39 is 5.41 Å². The van der Waals surface area contributed by atoms with Crippen molar-refractivity contribution in [3.63, 3.8) is 0 Å². The van der Waals surface area contributed by atoms with E-state index >= 15 is 0 Å². The molecule has 1 spiro atoms. The Morgan fingerprint density at radius 3 is 1.50 bits per heavy atom. The van der Waals surface area contributed by atoms with E-state index in [1.165, 1.54) is 83.5 Å². The van der Waals surface area contributed by atoms with Gasteiger partial charge in [-0.2, -0.15) is 0 Å². The van der Waals surface area contributed by atoms with Crippen LogP contribution >= 0.6 is 0 Å². The van der Waals surface area contributed by atoms with Gasteiger partial charge in [-0.05, 0) is 110 Å². The van der Waals surface area contributed by atoms with Crippen molar-refractivity contribution in [3.8, 4) is 56.0 Å². The maximum Gasteiger partial charge on any atom is 0.132 e. The van der Waals surface area contributed by atoms with E-state index in [0.29, 0.717) is 0 Å². The molecule has 0 saturated heterocycles. The van der Waals surface area contributed by atoms with Crippen molar-refractivity contribution in [2.75, 3.05) is 0 Å². The molecule has 1 heteroatoms. The molecule has 3 aliphatic rings. The van der Waals surface area contributed by atoms with Crippen LogP contribution in [0.3, 0.4) is 0 Å². The van der Waals surface area contributed by atoms with Gasteiger partial charge in [-0.3, -0.25) is 0 Å². The third kappa shape index (κ3) is 3.83. The Morgan fingerprint density at radius 2 is 0.808 bits per heavy atom. The lowest BCUT2D eigenvalue weighted by Crippen LogP contribution is -2.32. The van der Waals surface area contributed by atoms with Gasteiger partial charge in [0, 0.05) is 16.5 Å². The van der Waals surface area contributed by atoms with Crippen molar-refractivity contribution >= 4 is 0 Å². The van der Waals surface area contributed by atoms with Gasteiger partial charge in [0.2, 0.25) is 0 Å². The van der Waals surface area contributed by atoms with E-state index in [0.717, 1.165) is 11.5 Å². The lowest BCUT2D eigenvalue weighted by molar-refractivity contribution is 0.436. The van der Waals surface area contributed by atoms with Crippen LogP contribution in [0.25, 0.3) is 44.5 Å². The van der Waals surface area contributed by atoms with E-state index in [-0.39, 0.29) is 5.41 Å². The van der Waals surface area contributed by atoms with Gasteiger partial charge in [0.1, 0.15) is 11.5 Å². The highest BCUT2D eigenvalue weighted by atomic mass is 16.5. The van der Waals surface area contributed by atoms with E-state index in [1.54, 1.807) is 0 Å². The van der Waals surface area contributed by atoms with E-state index in [2.05, 4.69) is 195 Å². The summed E-state index contributed by atoms with van der Waals surface area (Å²) in [7, 11) is 0. The monoisotopic (exact) mass is 662 g/mol. The fourth-order valence-corrected chi connectivity index (χ4v) is 9.67. The van der Waals surface area contributed by atoms with Crippen molar-refractivity contribution < 1.29 is 4.74 Å². The first-order valence-corrected chi connectivity index (χ1v) is 18.2. The standard InChI is InChI=1S/C51H34O/c1-50(37-16-3-2-4-17-37)42-21-8-5-18-38(42)41-28-26-35(31-46(41)50)33-14-13-15-34(30-33)36-27-29-49-47(32-36)51(45-24-11-12-25-48(45)52-49)43-22-9-6-19-39(43)40-20-7-10-23-44(40)51/h2-32H,1H3. The van der Waals surface area contributed by atoms with Crippen molar-refractivity contribution in [1.29, 1.82) is 0 Å². The maximum absolute atomic E-state index is 6.70. The lowest BCUT2D eigenvalue weighted by atomic mass is 9.66. The summed E-state index contributed by atoms with van der Waals surface area (Å²) >= 11 is 0. The number of rotatable bonds is 3. The molecule has 1 heterocycles. The van der Waals surface area contributed by atoms with Gasteiger partial charge in [0.25, 0.3) is 0 Å². The van der Waals surface area contributed by atoms with E-state index in [4.69, 9.17) is 4.74 Å². The highest BCUT2D eigenvalue weighted by molar-refractivity contribution is 5.90. The minimum Gasteiger partial charge on any atom is -0.457 e. The highest BCUT2D eigenvalue weighted by Gasteiger charge is 2.51. The molecule has 0 bridgehead atoms. The second-order valence-corrected chi connectivity index (χ2v) is 14.5. The molecule has 2 aliphatic carbocycles. The largest absolute Gasteiger partial charge is 0.457 e. The summed E-state index contributed by atoms with van der Waals surface area (Å²) < 4.78 is 6.70. The Hall–Kier alpha value is -6.44. The van der Waals surface area contributed by atoms with Gasteiger partial charge in [-0.15, -0.1) is 0 Å². The van der Waals surface area contributed by atoms with Gasteiger partial charge in [-0.25, -0.2) is 0 Å². The predicted octanol–water partition coefficient (Wildman–Crippen LogP) is 12.8. The second-order valence-electron chi connectivity index (χ2n) is 14.5. The summed E-state index contributed by atoms with van der Waals surface area (Å²) in [5.74, 6) is 1.82. The first-order valence-electron chi connectivity index (χ1n) is 18.2. The smallest absolute Gasteiger partial charge is 0.132 e. The zero-order valence-corrected chi connectivity index (χ0v) is 28.8. The number of benzene rings is 8. The number of hydrogen-bond donors (Lipinski definition) is 0. The van der Waals surface area contributed by atoms with Crippen LogP contribution in [0.2, 0.25) is 0 Å². The summed E-state index contributed by atoms with van der Waals surface area (Å²) in [5, 5.41) is 0. The van der Waals surface area contributed by atoms with Gasteiger partial charge in [0.05, 0.1) is 5.41 Å². The molecule has 11 rings (SSSR count). The van der Waals surface area contributed by atoms with E-state index in [9.17, 15) is 0 Å². The molecular weight excluding hydrogens is 629 g/mol. The molecule has 1 nitrogen and oxygen atoms in total. The molecule has 8 aromatic rings. The molecule has 1 aliphatic heterocycles. The SMILES string of the molecule is CC1(c2ccccc2)c2ccccc2-c2ccc(-c3cccc(-c4ccc5c(c4)C4(c6ccccc6O5)c5ccccc5-c5ccccc54)c3)cc21. The molecule has 244 valence electrons. The van der Waals surface area contributed by atoms with Gasteiger partial charge >= 0.3 is 0 Å². The second kappa shape index (κ2) is 10.8. The van der Waals surface area contributed by atoms with Crippen molar-refractivity contribution in [2.45, 2.75) is 17.8 Å². The third-order valence-corrected chi connectivity index (χ3v) is 12.0. The van der Waals surface area contributed by atoms with Crippen molar-refractivity contribution in [1.82, 2.24) is 0 Å². The zero-order valence-electron chi connectivity index (χ0n) is 28.8. The zero-order chi connectivity index (χ0) is 34.4. The Balaban J connectivity index is 1.07. The van der Waals surface area contributed by atoms with Crippen LogP contribution in [0.1, 0.15) is 45.9 Å². The molecule has 1 unspecified atom stereocenters. The Bertz CT molecular complexity index is 2690. The molecule has 0 saturated carbocycles. The highest BCUT2D eigenvalue weighted by Crippen LogP contribution is 2.62. The molecule has 0 aromatic heterocycles. The molecule has 0 radical (unpaired) electrons. The van der Waals surface area contributed by atoms with Gasteiger partial charge in [0.15, 0.2) is 0 Å². The fourth-order valence-electron chi connectivity index (χ4n) is 9.67. The summed E-state index contributed by atoms with van der Waals surface area (Å²) in [5.41, 5.74) is 18.3. The van der Waals surface area contributed by atoms with Crippen LogP contribution in [0.5, 0.6) is 11.5 Å².